The van der Waals surface area contributed by atoms with E-state index in [2.05, 4.69) is 9.97 Å². The lowest BCUT2D eigenvalue weighted by Crippen LogP contribution is -2.48. The van der Waals surface area contributed by atoms with Gasteiger partial charge >= 0.3 is 6.09 Å². The second-order valence-corrected chi connectivity index (χ2v) is 6.85. The van der Waals surface area contributed by atoms with Gasteiger partial charge in [-0.15, -0.1) is 0 Å². The summed E-state index contributed by atoms with van der Waals surface area (Å²) < 4.78 is 16.4. The van der Waals surface area contributed by atoms with Crippen molar-refractivity contribution in [2.24, 2.45) is 0 Å². The molecular weight excluding hydrogens is 310 g/mol. The molecule has 134 valence electrons. The van der Waals surface area contributed by atoms with Crippen molar-refractivity contribution in [1.29, 1.82) is 0 Å². The molecule has 2 heterocycles. The average Bonchev–Trinajstić information content (AvgIpc) is 2.54. The van der Waals surface area contributed by atoms with Crippen molar-refractivity contribution in [3.8, 4) is 5.88 Å². The highest BCUT2D eigenvalue weighted by Gasteiger charge is 2.30. The predicted molar refractivity (Wildman–Crippen MR) is 88.8 cm³/mol. The van der Waals surface area contributed by atoms with Crippen molar-refractivity contribution >= 4 is 6.09 Å². The molecule has 0 spiro atoms. The van der Waals surface area contributed by atoms with Crippen molar-refractivity contribution in [2.75, 3.05) is 20.3 Å². The first-order valence-corrected chi connectivity index (χ1v) is 8.32. The van der Waals surface area contributed by atoms with Crippen LogP contribution in [0.15, 0.2) is 12.4 Å². The number of rotatable bonds is 5. The van der Waals surface area contributed by atoms with Gasteiger partial charge in [0.2, 0.25) is 5.88 Å². The second-order valence-electron chi connectivity index (χ2n) is 6.85. The van der Waals surface area contributed by atoms with Gasteiger partial charge in [0.05, 0.1) is 26.4 Å². The third-order valence-electron chi connectivity index (χ3n) is 3.73. The monoisotopic (exact) mass is 337 g/mol. The van der Waals surface area contributed by atoms with E-state index in [4.69, 9.17) is 14.2 Å². The Hall–Kier alpha value is -1.89. The first-order valence-electron chi connectivity index (χ1n) is 8.32. The van der Waals surface area contributed by atoms with E-state index in [1.807, 2.05) is 20.8 Å². The number of carbonyl (C=O) groups excluding carboxylic acids is 1. The van der Waals surface area contributed by atoms with E-state index in [0.29, 0.717) is 31.3 Å². The molecule has 1 aliphatic rings. The molecule has 1 aliphatic heterocycles. The lowest BCUT2D eigenvalue weighted by atomic mass is 10.0. The number of carbonyl (C=O) groups is 1. The van der Waals surface area contributed by atoms with Crippen LogP contribution in [0.2, 0.25) is 0 Å². The Morgan fingerprint density at radius 1 is 1.29 bits per heavy atom. The van der Waals surface area contributed by atoms with Gasteiger partial charge in [0.1, 0.15) is 11.3 Å². The van der Waals surface area contributed by atoms with Crippen molar-refractivity contribution < 1.29 is 19.0 Å². The first kappa shape index (κ1) is 18.4. The number of aromatic nitrogens is 2. The summed E-state index contributed by atoms with van der Waals surface area (Å²) in [6, 6.07) is 0.0243. The molecule has 0 bridgehead atoms. The van der Waals surface area contributed by atoms with Gasteiger partial charge in [-0.1, -0.05) is 0 Å². The van der Waals surface area contributed by atoms with E-state index >= 15 is 0 Å². The average molecular weight is 337 g/mol. The van der Waals surface area contributed by atoms with Crippen LogP contribution >= 0.6 is 0 Å². The van der Waals surface area contributed by atoms with Gasteiger partial charge in [-0.25, -0.2) is 9.78 Å². The minimum absolute atomic E-state index is 0.0243. The Morgan fingerprint density at radius 3 is 2.75 bits per heavy atom. The van der Waals surface area contributed by atoms with E-state index in [1.165, 1.54) is 0 Å². The van der Waals surface area contributed by atoms with Crippen molar-refractivity contribution in [3.63, 3.8) is 0 Å². The molecule has 1 fully saturated rings. The van der Waals surface area contributed by atoms with Crippen molar-refractivity contribution in [2.45, 2.75) is 58.3 Å². The third kappa shape index (κ3) is 5.33. The van der Waals surface area contributed by atoms with Crippen LogP contribution < -0.4 is 4.74 Å². The highest BCUT2D eigenvalue weighted by Crippen LogP contribution is 2.21. The van der Waals surface area contributed by atoms with Gasteiger partial charge in [-0.3, -0.25) is 4.98 Å². The van der Waals surface area contributed by atoms with Gasteiger partial charge in [-0.05, 0) is 40.0 Å². The minimum Gasteiger partial charge on any atom is -0.480 e. The van der Waals surface area contributed by atoms with Crippen LogP contribution in [0.3, 0.4) is 0 Å². The Balaban J connectivity index is 1.90. The minimum atomic E-state index is -0.493. The lowest BCUT2D eigenvalue weighted by molar-refractivity contribution is -0.0105. The van der Waals surface area contributed by atoms with Crippen LogP contribution in [0.5, 0.6) is 5.88 Å². The molecule has 7 nitrogen and oxygen atoms in total. The summed E-state index contributed by atoms with van der Waals surface area (Å²) in [7, 11) is 1.55. The number of piperidine rings is 1. The maximum atomic E-state index is 12.4. The fourth-order valence-corrected chi connectivity index (χ4v) is 2.65. The third-order valence-corrected chi connectivity index (χ3v) is 3.73. The molecule has 1 unspecified atom stereocenters. The van der Waals surface area contributed by atoms with Gasteiger partial charge in [0.15, 0.2) is 0 Å². The van der Waals surface area contributed by atoms with Crippen LogP contribution in [-0.2, 0) is 16.1 Å². The quantitative estimate of drug-likeness (QED) is 0.822. The van der Waals surface area contributed by atoms with Gasteiger partial charge in [-0.2, -0.15) is 0 Å². The molecule has 1 amide bonds. The van der Waals surface area contributed by atoms with E-state index in [-0.39, 0.29) is 12.1 Å². The maximum Gasteiger partial charge on any atom is 0.410 e. The fourth-order valence-electron chi connectivity index (χ4n) is 2.65. The summed E-state index contributed by atoms with van der Waals surface area (Å²) in [5.74, 6) is 0.463. The Bertz CT molecular complexity index is 545. The largest absolute Gasteiger partial charge is 0.480 e. The number of likely N-dealkylation sites (tertiary alicyclic amines) is 1. The maximum absolute atomic E-state index is 12.4. The number of hydrogen-bond acceptors (Lipinski definition) is 6. The fraction of sp³-hybridized carbons (Fsp3) is 0.706. The van der Waals surface area contributed by atoms with E-state index in [0.717, 1.165) is 19.3 Å². The predicted octanol–water partition coefficient (Wildman–Crippen LogP) is 2.79. The summed E-state index contributed by atoms with van der Waals surface area (Å²) in [5, 5.41) is 0. The number of nitrogens with zero attached hydrogens (tertiary/aromatic N) is 3. The summed E-state index contributed by atoms with van der Waals surface area (Å²) in [4.78, 5) is 22.5. The second kappa shape index (κ2) is 8.28. The van der Waals surface area contributed by atoms with Crippen LogP contribution in [0.1, 0.15) is 45.7 Å². The molecule has 1 saturated heterocycles. The van der Waals surface area contributed by atoms with E-state index in [1.54, 1.807) is 24.4 Å². The van der Waals surface area contributed by atoms with Crippen LogP contribution in [0, 0.1) is 0 Å². The Labute approximate surface area is 143 Å². The molecule has 0 N–H and O–H groups in total. The summed E-state index contributed by atoms with van der Waals surface area (Å²) in [6.07, 6.45) is 5.91. The molecule has 0 radical (unpaired) electrons. The standard InChI is InChI=1S/C17H27N3O4/c1-17(2,3)24-16(21)20-10-6-5-7-13(20)11-23-12-14-15(22-4)19-9-8-18-14/h8-9,13H,5-7,10-12H2,1-4H3. The Kier molecular flexibility index (Phi) is 6.36. The van der Waals surface area contributed by atoms with E-state index in [9.17, 15) is 4.79 Å². The molecule has 0 aliphatic carbocycles. The molecule has 1 aromatic heterocycles. The highest BCUT2D eigenvalue weighted by atomic mass is 16.6. The molecule has 0 aromatic carbocycles. The smallest absolute Gasteiger partial charge is 0.410 e. The SMILES string of the molecule is COc1nccnc1COCC1CCCCN1C(=O)OC(C)(C)C. The van der Waals surface area contributed by atoms with Gasteiger partial charge in [0, 0.05) is 18.9 Å². The number of hydrogen-bond donors (Lipinski definition) is 0. The molecule has 2 rings (SSSR count). The van der Waals surface area contributed by atoms with Gasteiger partial charge < -0.3 is 19.1 Å². The van der Waals surface area contributed by atoms with Crippen LogP contribution in [-0.4, -0.2) is 52.9 Å². The first-order chi connectivity index (χ1) is 11.4. The normalized spacial score (nSPS) is 18.3. The zero-order chi connectivity index (χ0) is 17.6. The summed E-state index contributed by atoms with van der Waals surface area (Å²) in [6.45, 7) is 7.08. The lowest BCUT2D eigenvalue weighted by Gasteiger charge is -2.36. The summed E-state index contributed by atoms with van der Waals surface area (Å²) in [5.41, 5.74) is 0.159. The van der Waals surface area contributed by atoms with Crippen molar-refractivity contribution in [3.05, 3.63) is 18.1 Å². The van der Waals surface area contributed by atoms with E-state index < -0.39 is 5.60 Å². The van der Waals surface area contributed by atoms with Gasteiger partial charge in [0.25, 0.3) is 0 Å². The zero-order valence-electron chi connectivity index (χ0n) is 14.9. The molecular formula is C17H27N3O4. The number of ether oxygens (including phenoxy) is 3. The summed E-state index contributed by atoms with van der Waals surface area (Å²) >= 11 is 0. The molecule has 1 atom stereocenters. The Morgan fingerprint density at radius 2 is 2.04 bits per heavy atom. The molecule has 24 heavy (non-hydrogen) atoms. The highest BCUT2D eigenvalue weighted by molar-refractivity contribution is 5.68. The molecule has 1 aromatic rings. The topological polar surface area (TPSA) is 73.8 Å². The zero-order valence-corrected chi connectivity index (χ0v) is 14.9. The number of amides is 1. The van der Waals surface area contributed by atoms with Crippen LogP contribution in [0.25, 0.3) is 0 Å². The molecule has 0 saturated carbocycles. The van der Waals surface area contributed by atoms with Crippen molar-refractivity contribution in [1.82, 2.24) is 14.9 Å². The number of methoxy groups -OCH3 is 1. The van der Waals surface area contributed by atoms with Crippen LogP contribution in [0.4, 0.5) is 4.79 Å². The molecule has 7 heteroatoms.